The number of amides is 1. The van der Waals surface area contributed by atoms with Crippen LogP contribution in [0.2, 0.25) is 0 Å². The van der Waals surface area contributed by atoms with Crippen LogP contribution < -0.4 is 21.3 Å². The van der Waals surface area contributed by atoms with E-state index in [1.54, 1.807) is 12.1 Å². The Morgan fingerprint density at radius 2 is 1.75 bits per heavy atom. The lowest BCUT2D eigenvalue weighted by atomic mass is 10.1. The van der Waals surface area contributed by atoms with Crippen LogP contribution in [0.1, 0.15) is 10.5 Å². The maximum atomic E-state index is 13.0. The SMILES string of the molecule is COc1cc2c(cc1NC(=O)c1ccc3c(=O)n(C)c(=O)n(C)c3n1)oc1ccccc12. The van der Waals surface area contributed by atoms with E-state index >= 15 is 0 Å². The molecule has 9 nitrogen and oxygen atoms in total. The monoisotopic (exact) mass is 430 g/mol. The lowest BCUT2D eigenvalue weighted by molar-refractivity contribution is 0.102. The van der Waals surface area contributed by atoms with Crippen molar-refractivity contribution in [2.45, 2.75) is 0 Å². The summed E-state index contributed by atoms with van der Waals surface area (Å²) in [5.74, 6) is -0.0618. The van der Waals surface area contributed by atoms with Crippen molar-refractivity contribution in [3.8, 4) is 5.75 Å². The molecule has 0 saturated heterocycles. The van der Waals surface area contributed by atoms with Gasteiger partial charge in [0.05, 0.1) is 18.2 Å². The van der Waals surface area contributed by atoms with Crippen LogP contribution in [0.3, 0.4) is 0 Å². The molecule has 1 N–H and O–H groups in total. The number of pyridine rings is 1. The van der Waals surface area contributed by atoms with Gasteiger partial charge in [0, 0.05) is 30.9 Å². The summed E-state index contributed by atoms with van der Waals surface area (Å²) in [6.45, 7) is 0. The Morgan fingerprint density at radius 3 is 2.53 bits per heavy atom. The molecule has 0 spiro atoms. The molecule has 0 atom stereocenters. The number of hydrogen-bond acceptors (Lipinski definition) is 6. The maximum Gasteiger partial charge on any atom is 0.332 e. The van der Waals surface area contributed by atoms with Crippen molar-refractivity contribution in [1.29, 1.82) is 0 Å². The molecule has 1 amide bonds. The number of hydrogen-bond donors (Lipinski definition) is 1. The molecule has 0 radical (unpaired) electrons. The maximum absolute atomic E-state index is 13.0. The van der Waals surface area contributed by atoms with E-state index in [0.717, 1.165) is 20.9 Å². The Labute approximate surface area is 180 Å². The number of aryl methyl sites for hydroxylation is 1. The molecule has 9 heteroatoms. The fourth-order valence-electron chi connectivity index (χ4n) is 3.78. The molecule has 2 aromatic carbocycles. The highest BCUT2D eigenvalue weighted by Crippen LogP contribution is 2.36. The smallest absolute Gasteiger partial charge is 0.332 e. The molecular formula is C23H18N4O5. The number of ether oxygens (including phenoxy) is 1. The highest BCUT2D eigenvalue weighted by molar-refractivity contribution is 6.09. The molecule has 0 aliphatic heterocycles. The van der Waals surface area contributed by atoms with Crippen LogP contribution in [-0.2, 0) is 14.1 Å². The number of anilines is 1. The van der Waals surface area contributed by atoms with Gasteiger partial charge in [0.25, 0.3) is 11.5 Å². The largest absolute Gasteiger partial charge is 0.495 e. The van der Waals surface area contributed by atoms with Crippen LogP contribution in [0, 0.1) is 0 Å². The first-order valence-corrected chi connectivity index (χ1v) is 9.76. The summed E-state index contributed by atoms with van der Waals surface area (Å²) in [6.07, 6.45) is 0. The number of nitrogens with one attached hydrogen (secondary N) is 1. The van der Waals surface area contributed by atoms with Gasteiger partial charge in [-0.2, -0.15) is 0 Å². The van der Waals surface area contributed by atoms with Crippen molar-refractivity contribution in [2.24, 2.45) is 14.1 Å². The van der Waals surface area contributed by atoms with Gasteiger partial charge in [0.1, 0.15) is 28.3 Å². The van der Waals surface area contributed by atoms with Gasteiger partial charge in [-0.3, -0.25) is 18.7 Å². The lowest BCUT2D eigenvalue weighted by Gasteiger charge is -2.11. The zero-order chi connectivity index (χ0) is 22.6. The number of carbonyl (C=O) groups excluding carboxylic acids is 1. The number of carbonyl (C=O) groups is 1. The van der Waals surface area contributed by atoms with Crippen molar-refractivity contribution in [2.75, 3.05) is 12.4 Å². The van der Waals surface area contributed by atoms with E-state index in [4.69, 9.17) is 9.15 Å². The molecule has 160 valence electrons. The summed E-state index contributed by atoms with van der Waals surface area (Å²) >= 11 is 0. The third-order valence-electron chi connectivity index (χ3n) is 5.48. The molecule has 0 fully saturated rings. The average molecular weight is 430 g/mol. The molecule has 5 aromatic rings. The molecule has 3 heterocycles. The predicted molar refractivity (Wildman–Crippen MR) is 120 cm³/mol. The van der Waals surface area contributed by atoms with E-state index in [1.807, 2.05) is 24.3 Å². The van der Waals surface area contributed by atoms with Crippen molar-refractivity contribution in [3.63, 3.8) is 0 Å². The number of para-hydroxylation sites is 1. The van der Waals surface area contributed by atoms with Crippen LogP contribution in [-0.4, -0.2) is 27.1 Å². The number of furan rings is 1. The molecule has 5 rings (SSSR count). The first-order chi connectivity index (χ1) is 15.4. The highest BCUT2D eigenvalue weighted by atomic mass is 16.5. The van der Waals surface area contributed by atoms with Gasteiger partial charge >= 0.3 is 5.69 Å². The molecule has 0 unspecified atom stereocenters. The van der Waals surface area contributed by atoms with E-state index < -0.39 is 17.2 Å². The van der Waals surface area contributed by atoms with Crippen LogP contribution in [0.25, 0.3) is 33.0 Å². The summed E-state index contributed by atoms with van der Waals surface area (Å²) < 4.78 is 13.6. The Hall–Kier alpha value is -4.40. The zero-order valence-electron chi connectivity index (χ0n) is 17.5. The van der Waals surface area contributed by atoms with E-state index in [0.29, 0.717) is 17.0 Å². The number of nitrogens with zero attached hydrogens (tertiary/aromatic N) is 3. The third-order valence-corrected chi connectivity index (χ3v) is 5.48. The second-order valence-corrected chi connectivity index (χ2v) is 7.37. The lowest BCUT2D eigenvalue weighted by Crippen LogP contribution is -2.37. The second kappa shape index (κ2) is 7.09. The molecule has 0 bridgehead atoms. The fraction of sp³-hybridized carbons (Fsp3) is 0.130. The molecule has 0 saturated carbocycles. The Bertz CT molecular complexity index is 1680. The Morgan fingerprint density at radius 1 is 0.969 bits per heavy atom. The summed E-state index contributed by atoms with van der Waals surface area (Å²) in [5, 5.41) is 4.83. The van der Waals surface area contributed by atoms with Crippen LogP contribution in [0.5, 0.6) is 5.75 Å². The van der Waals surface area contributed by atoms with Gasteiger partial charge in [0.2, 0.25) is 0 Å². The van der Waals surface area contributed by atoms with Crippen molar-refractivity contribution in [1.82, 2.24) is 14.1 Å². The summed E-state index contributed by atoms with van der Waals surface area (Å²) in [5.41, 5.74) is 0.914. The summed E-state index contributed by atoms with van der Waals surface area (Å²) in [4.78, 5) is 41.8. The minimum absolute atomic E-state index is 0.0486. The van der Waals surface area contributed by atoms with Gasteiger partial charge in [-0.05, 0) is 24.3 Å². The predicted octanol–water partition coefficient (Wildman–Crippen LogP) is 2.79. The van der Waals surface area contributed by atoms with Crippen molar-refractivity contribution in [3.05, 3.63) is 75.1 Å². The quantitative estimate of drug-likeness (QED) is 0.472. The summed E-state index contributed by atoms with van der Waals surface area (Å²) in [6, 6.07) is 14.0. The van der Waals surface area contributed by atoms with Gasteiger partial charge < -0.3 is 14.5 Å². The number of methoxy groups -OCH3 is 1. The first-order valence-electron chi connectivity index (χ1n) is 9.76. The van der Waals surface area contributed by atoms with Crippen LogP contribution in [0.15, 0.2) is 62.5 Å². The molecule has 32 heavy (non-hydrogen) atoms. The van der Waals surface area contributed by atoms with Gasteiger partial charge in [0.15, 0.2) is 0 Å². The number of fused-ring (bicyclic) bond motifs is 4. The molecule has 3 aromatic heterocycles. The van der Waals surface area contributed by atoms with Gasteiger partial charge in [-0.1, -0.05) is 18.2 Å². The summed E-state index contributed by atoms with van der Waals surface area (Å²) in [7, 11) is 4.40. The van der Waals surface area contributed by atoms with E-state index in [-0.39, 0.29) is 16.7 Å². The number of benzene rings is 2. The fourth-order valence-corrected chi connectivity index (χ4v) is 3.78. The van der Waals surface area contributed by atoms with E-state index in [9.17, 15) is 14.4 Å². The third kappa shape index (κ3) is 2.86. The van der Waals surface area contributed by atoms with E-state index in [2.05, 4.69) is 10.3 Å². The minimum atomic E-state index is -0.524. The standard InChI is InChI=1S/C23H18N4O5/c1-26-20-13(22(29)27(2)23(26)30)8-9-15(24-20)21(28)25-16-11-18-14(10-19(16)31-3)12-6-4-5-7-17(12)32-18/h4-11H,1-3H3,(H,25,28). The highest BCUT2D eigenvalue weighted by Gasteiger charge is 2.17. The van der Waals surface area contributed by atoms with E-state index in [1.165, 1.54) is 37.9 Å². The normalized spacial score (nSPS) is 11.3. The van der Waals surface area contributed by atoms with Crippen molar-refractivity contribution < 1.29 is 13.9 Å². The number of rotatable bonds is 3. The molecule has 0 aliphatic rings. The topological polar surface area (TPSA) is 108 Å². The Balaban J connectivity index is 1.58. The second-order valence-electron chi connectivity index (χ2n) is 7.37. The Kier molecular flexibility index (Phi) is 4.33. The number of aromatic nitrogens is 3. The van der Waals surface area contributed by atoms with Gasteiger partial charge in [-0.15, -0.1) is 0 Å². The molecular weight excluding hydrogens is 412 g/mol. The molecule has 0 aliphatic carbocycles. The average Bonchev–Trinajstić information content (AvgIpc) is 3.17. The van der Waals surface area contributed by atoms with Crippen molar-refractivity contribution >= 4 is 44.6 Å². The first kappa shape index (κ1) is 19.6. The van der Waals surface area contributed by atoms with Crippen LogP contribution >= 0.6 is 0 Å². The zero-order valence-corrected chi connectivity index (χ0v) is 17.5. The van der Waals surface area contributed by atoms with Gasteiger partial charge in [-0.25, -0.2) is 9.78 Å². The minimum Gasteiger partial charge on any atom is -0.495 e. The van der Waals surface area contributed by atoms with Crippen LogP contribution in [0.4, 0.5) is 5.69 Å².